The molecule has 0 saturated heterocycles. The number of ether oxygens (including phenoxy) is 2. The molecule has 0 aliphatic carbocycles. The van der Waals surface area contributed by atoms with Gasteiger partial charge in [-0.2, -0.15) is 0 Å². The largest absolute Gasteiger partial charge is 0.462 e. The summed E-state index contributed by atoms with van der Waals surface area (Å²) in [5, 5.41) is 9.64. The molecule has 0 spiro atoms. The van der Waals surface area contributed by atoms with Crippen LogP contribution in [-0.2, 0) is 19.1 Å². The number of aliphatic hydroxyl groups is 1. The van der Waals surface area contributed by atoms with Gasteiger partial charge in [-0.25, -0.2) is 0 Å². The minimum atomic E-state index is -0.781. The van der Waals surface area contributed by atoms with Gasteiger partial charge in [-0.05, 0) is 89.9 Å². The molecule has 5 heteroatoms. The lowest BCUT2D eigenvalue weighted by Gasteiger charge is -2.15. The number of carbonyl (C=O) groups is 2. The zero-order valence-electron chi connectivity index (χ0n) is 42.3. The summed E-state index contributed by atoms with van der Waals surface area (Å²) in [7, 11) is 0. The normalized spacial score (nSPS) is 12.7. The van der Waals surface area contributed by atoms with Crippen molar-refractivity contribution >= 4 is 11.9 Å². The summed E-state index contributed by atoms with van der Waals surface area (Å²) in [5.74, 6) is -0.601. The molecule has 0 rings (SSSR count). The maximum absolute atomic E-state index is 12.3. The van der Waals surface area contributed by atoms with E-state index < -0.39 is 6.10 Å². The summed E-state index contributed by atoms with van der Waals surface area (Å²) in [6, 6.07) is 0. The van der Waals surface area contributed by atoms with Gasteiger partial charge in [0.05, 0.1) is 6.61 Å². The van der Waals surface area contributed by atoms with Crippen molar-refractivity contribution < 1.29 is 24.2 Å². The predicted octanol–water partition coefficient (Wildman–Crippen LogP) is 18.4. The number of aliphatic hydroxyl groups excluding tert-OH is 1. The summed E-state index contributed by atoms with van der Waals surface area (Å²) in [4.78, 5) is 24.5. The second-order valence-corrected chi connectivity index (χ2v) is 18.3. The maximum atomic E-state index is 12.3. The van der Waals surface area contributed by atoms with Crippen LogP contribution in [0.25, 0.3) is 0 Å². The first-order valence-electron chi connectivity index (χ1n) is 27.5. The number of carbonyl (C=O) groups excluding carboxylic acids is 2. The van der Waals surface area contributed by atoms with Crippen LogP contribution in [0.2, 0.25) is 0 Å². The quantitative estimate of drug-likeness (QED) is 0.0374. The van der Waals surface area contributed by atoms with Gasteiger partial charge in [0.1, 0.15) is 6.61 Å². The van der Waals surface area contributed by atoms with Crippen LogP contribution in [0.1, 0.15) is 271 Å². The summed E-state index contributed by atoms with van der Waals surface area (Å²) in [5.41, 5.74) is 0. The summed E-state index contributed by atoms with van der Waals surface area (Å²) < 4.78 is 10.7. The average molecular weight is 893 g/mol. The highest BCUT2D eigenvalue weighted by atomic mass is 16.6. The molecule has 64 heavy (non-hydrogen) atoms. The first-order chi connectivity index (χ1) is 31.6. The van der Waals surface area contributed by atoms with E-state index in [1.54, 1.807) is 0 Å². The highest BCUT2D eigenvalue weighted by Crippen LogP contribution is 2.15. The Kier molecular flexibility index (Phi) is 52.4. The number of esters is 2. The number of hydrogen-bond donors (Lipinski definition) is 1. The molecule has 0 bridgehead atoms. The third-order valence-electron chi connectivity index (χ3n) is 12.0. The predicted molar refractivity (Wildman–Crippen MR) is 279 cm³/mol. The van der Waals surface area contributed by atoms with Gasteiger partial charge in [-0.15, -0.1) is 0 Å². The number of unbranched alkanes of at least 4 members (excludes halogenated alkanes) is 30. The molecule has 5 nitrogen and oxygen atoms in total. The number of hydrogen-bond acceptors (Lipinski definition) is 5. The highest BCUT2D eigenvalue weighted by molar-refractivity contribution is 5.70. The van der Waals surface area contributed by atoms with Gasteiger partial charge in [0.15, 0.2) is 6.10 Å². The Bertz CT molecular complexity index is 1150. The van der Waals surface area contributed by atoms with E-state index in [2.05, 4.69) is 86.8 Å². The van der Waals surface area contributed by atoms with Crippen molar-refractivity contribution in [2.45, 2.75) is 277 Å². The Labute approximate surface area is 397 Å². The van der Waals surface area contributed by atoms with Crippen molar-refractivity contribution in [1.29, 1.82) is 0 Å². The molecule has 0 saturated carbocycles. The molecule has 0 amide bonds. The zero-order chi connectivity index (χ0) is 46.3. The fraction of sp³-hybridized carbons (Fsp3) is 0.763. The van der Waals surface area contributed by atoms with Gasteiger partial charge >= 0.3 is 11.9 Å². The summed E-state index contributed by atoms with van der Waals surface area (Å²) in [6.45, 7) is 4.12. The van der Waals surface area contributed by atoms with E-state index in [9.17, 15) is 14.7 Å². The zero-order valence-corrected chi connectivity index (χ0v) is 42.3. The summed E-state index contributed by atoms with van der Waals surface area (Å²) in [6.07, 6.45) is 74.3. The van der Waals surface area contributed by atoms with Crippen molar-refractivity contribution in [3.63, 3.8) is 0 Å². The Morgan fingerprint density at radius 2 is 0.625 bits per heavy atom. The molecule has 1 N–H and O–H groups in total. The molecule has 0 fully saturated rings. The first-order valence-corrected chi connectivity index (χ1v) is 27.5. The third-order valence-corrected chi connectivity index (χ3v) is 12.0. The lowest BCUT2D eigenvalue weighted by molar-refractivity contribution is -0.161. The van der Waals surface area contributed by atoms with Crippen molar-refractivity contribution in [2.75, 3.05) is 13.2 Å². The maximum Gasteiger partial charge on any atom is 0.306 e. The van der Waals surface area contributed by atoms with Crippen molar-refractivity contribution in [3.8, 4) is 0 Å². The van der Waals surface area contributed by atoms with Crippen LogP contribution in [0.4, 0.5) is 0 Å². The van der Waals surface area contributed by atoms with Crippen molar-refractivity contribution in [1.82, 2.24) is 0 Å². The second-order valence-electron chi connectivity index (χ2n) is 18.3. The molecule has 1 unspecified atom stereocenters. The molecule has 0 aromatic rings. The van der Waals surface area contributed by atoms with Crippen LogP contribution in [0, 0.1) is 0 Å². The van der Waals surface area contributed by atoms with Gasteiger partial charge in [0.2, 0.25) is 0 Å². The SMILES string of the molecule is CCCCCCC/C=C\C/C=C\C/C=C\CCCCCCCCCCCCCCCCC(=O)OC(CO)COC(=O)CCCCCCCC/C=C\C/C=C\C/C=C\CCCCCCC. The topological polar surface area (TPSA) is 72.8 Å². The molecule has 1 atom stereocenters. The molecular weight excluding hydrogens is 789 g/mol. The van der Waals surface area contributed by atoms with Gasteiger partial charge in [-0.3, -0.25) is 9.59 Å². The molecule has 0 aromatic carbocycles. The molecule has 370 valence electrons. The van der Waals surface area contributed by atoms with E-state index in [0.29, 0.717) is 12.8 Å². The van der Waals surface area contributed by atoms with E-state index in [4.69, 9.17) is 9.47 Å². The van der Waals surface area contributed by atoms with Gasteiger partial charge in [-0.1, -0.05) is 241 Å². The fourth-order valence-electron chi connectivity index (χ4n) is 7.81. The standard InChI is InChI=1S/C59H104O5/c1-3-5-7-9-11-13-15-17-19-21-23-25-26-27-28-29-30-31-32-34-36-38-40-42-44-46-48-50-52-54-59(62)64-57(55-60)56-63-58(61)53-51-49-47-45-43-41-39-37-35-33-24-22-20-18-16-14-12-10-8-6-4-2/h15-18,21-24,26-27,35,37,57,60H,3-14,19-20,25,28-34,36,38-56H2,1-2H3/b17-15-,18-16-,23-21-,24-22-,27-26-,37-35-. The molecule has 0 aliphatic rings. The lowest BCUT2D eigenvalue weighted by atomic mass is 10.0. The molecular formula is C59H104O5. The smallest absolute Gasteiger partial charge is 0.306 e. The van der Waals surface area contributed by atoms with E-state index in [1.165, 1.54) is 173 Å². The molecule has 0 aliphatic heterocycles. The van der Waals surface area contributed by atoms with E-state index in [1.807, 2.05) is 0 Å². The average Bonchev–Trinajstić information content (AvgIpc) is 3.30. The minimum Gasteiger partial charge on any atom is -0.462 e. The number of allylic oxidation sites excluding steroid dienone is 12. The van der Waals surface area contributed by atoms with Crippen molar-refractivity contribution in [3.05, 3.63) is 72.9 Å². The number of rotatable bonds is 50. The van der Waals surface area contributed by atoms with Crippen LogP contribution >= 0.6 is 0 Å². The van der Waals surface area contributed by atoms with E-state index in [-0.39, 0.29) is 25.2 Å². The van der Waals surface area contributed by atoms with Gasteiger partial charge in [0.25, 0.3) is 0 Å². The Morgan fingerprint density at radius 3 is 0.938 bits per heavy atom. The molecule has 0 radical (unpaired) electrons. The Balaban J connectivity index is 3.52. The van der Waals surface area contributed by atoms with Crippen LogP contribution in [0.3, 0.4) is 0 Å². The fourth-order valence-corrected chi connectivity index (χ4v) is 7.81. The first kappa shape index (κ1) is 61.3. The molecule has 0 heterocycles. The Hall–Kier alpha value is -2.66. The van der Waals surface area contributed by atoms with Crippen LogP contribution in [-0.4, -0.2) is 36.4 Å². The Morgan fingerprint density at radius 1 is 0.359 bits per heavy atom. The third kappa shape index (κ3) is 52.0. The monoisotopic (exact) mass is 893 g/mol. The van der Waals surface area contributed by atoms with Gasteiger partial charge in [0, 0.05) is 12.8 Å². The van der Waals surface area contributed by atoms with Crippen molar-refractivity contribution in [2.24, 2.45) is 0 Å². The summed E-state index contributed by atoms with van der Waals surface area (Å²) >= 11 is 0. The van der Waals surface area contributed by atoms with E-state index >= 15 is 0 Å². The van der Waals surface area contributed by atoms with Gasteiger partial charge < -0.3 is 14.6 Å². The van der Waals surface area contributed by atoms with Crippen LogP contribution in [0.15, 0.2) is 72.9 Å². The second kappa shape index (κ2) is 54.7. The van der Waals surface area contributed by atoms with Crippen LogP contribution in [0.5, 0.6) is 0 Å². The molecule has 0 aromatic heterocycles. The lowest BCUT2D eigenvalue weighted by Crippen LogP contribution is -2.28. The van der Waals surface area contributed by atoms with Crippen LogP contribution < -0.4 is 0 Å². The minimum absolute atomic E-state index is 0.0743. The van der Waals surface area contributed by atoms with E-state index in [0.717, 1.165) is 70.6 Å². The highest BCUT2D eigenvalue weighted by Gasteiger charge is 2.16.